The molecule has 1 aromatic rings. The number of rotatable bonds is 5. The molecule has 9 heteroatoms. The Labute approximate surface area is 156 Å². The van der Waals surface area contributed by atoms with Crippen LogP contribution in [0.4, 0.5) is 5.69 Å². The van der Waals surface area contributed by atoms with Gasteiger partial charge in [0.1, 0.15) is 0 Å². The molecule has 0 radical (unpaired) electrons. The highest BCUT2D eigenvalue weighted by Crippen LogP contribution is 2.23. The maximum absolute atomic E-state index is 12.5. The van der Waals surface area contributed by atoms with Gasteiger partial charge in [-0.25, -0.2) is 0 Å². The molecule has 1 N–H and O–H groups in total. The number of nitro groups is 1. The Bertz CT molecular complexity index is 682. The maximum Gasteiger partial charge on any atom is 0.269 e. The first kappa shape index (κ1) is 18.7. The van der Waals surface area contributed by atoms with E-state index in [1.807, 2.05) is 9.80 Å². The summed E-state index contributed by atoms with van der Waals surface area (Å²) in [5.74, 6) is 0.441. The molecule has 0 saturated carbocycles. The van der Waals surface area contributed by atoms with E-state index in [9.17, 15) is 19.7 Å². The third-order valence-electron chi connectivity index (χ3n) is 4.73. The van der Waals surface area contributed by atoms with E-state index in [2.05, 4.69) is 5.32 Å². The Morgan fingerprint density at radius 3 is 2.77 bits per heavy atom. The zero-order chi connectivity index (χ0) is 18.5. The van der Waals surface area contributed by atoms with Crippen LogP contribution < -0.4 is 5.32 Å². The van der Waals surface area contributed by atoms with E-state index in [0.717, 1.165) is 30.8 Å². The number of nitro benzene ring substituents is 1. The van der Waals surface area contributed by atoms with Crippen molar-refractivity contribution in [2.45, 2.75) is 23.8 Å². The van der Waals surface area contributed by atoms with Gasteiger partial charge in [-0.05, 0) is 25.0 Å². The minimum absolute atomic E-state index is 0.0419. The summed E-state index contributed by atoms with van der Waals surface area (Å²) in [6, 6.07) is 6.31. The molecule has 0 bridgehead atoms. The number of nitrogens with zero attached hydrogens (tertiary/aromatic N) is 3. The van der Waals surface area contributed by atoms with Crippen molar-refractivity contribution in [3.8, 4) is 0 Å². The highest BCUT2D eigenvalue weighted by molar-refractivity contribution is 8.00. The normalized spacial score (nSPS) is 20.9. The van der Waals surface area contributed by atoms with Crippen molar-refractivity contribution in [2.24, 2.45) is 0 Å². The standard InChI is InChI=1S/C17H22N4O4S/c22-16-10-18-7-9-20(16)14-2-1-8-19(11-14)17(23)12-26-15-5-3-13(4-6-15)21(24)25/h3-6,14,18H,1-2,7-12H2. The van der Waals surface area contributed by atoms with Gasteiger partial charge < -0.3 is 15.1 Å². The lowest BCUT2D eigenvalue weighted by atomic mass is 10.0. The van der Waals surface area contributed by atoms with E-state index in [-0.39, 0.29) is 23.5 Å². The summed E-state index contributed by atoms with van der Waals surface area (Å²) in [5.41, 5.74) is 0.0419. The van der Waals surface area contributed by atoms with E-state index in [0.29, 0.717) is 25.4 Å². The van der Waals surface area contributed by atoms with E-state index in [4.69, 9.17) is 0 Å². The molecular formula is C17H22N4O4S. The van der Waals surface area contributed by atoms with Gasteiger partial charge >= 0.3 is 0 Å². The molecule has 8 nitrogen and oxygen atoms in total. The summed E-state index contributed by atoms with van der Waals surface area (Å²) in [4.78, 5) is 39.4. The number of non-ortho nitro benzene ring substituents is 1. The van der Waals surface area contributed by atoms with Gasteiger partial charge in [0.05, 0.1) is 17.2 Å². The molecule has 2 heterocycles. The fourth-order valence-electron chi connectivity index (χ4n) is 3.34. The van der Waals surface area contributed by atoms with E-state index in [1.54, 1.807) is 12.1 Å². The van der Waals surface area contributed by atoms with Crippen LogP contribution in [0.25, 0.3) is 0 Å². The zero-order valence-corrected chi connectivity index (χ0v) is 15.2. The molecule has 1 atom stereocenters. The molecule has 140 valence electrons. The summed E-state index contributed by atoms with van der Waals surface area (Å²) in [5, 5.41) is 13.7. The minimum atomic E-state index is -0.440. The Hall–Kier alpha value is -2.13. The third kappa shape index (κ3) is 4.53. The molecule has 0 aromatic heterocycles. The fraction of sp³-hybridized carbons (Fsp3) is 0.529. The van der Waals surface area contributed by atoms with Crippen LogP contribution in [-0.2, 0) is 9.59 Å². The van der Waals surface area contributed by atoms with E-state index < -0.39 is 4.92 Å². The molecule has 3 rings (SSSR count). The molecule has 0 spiro atoms. The number of hydrogen-bond acceptors (Lipinski definition) is 6. The Morgan fingerprint density at radius 1 is 1.31 bits per heavy atom. The quantitative estimate of drug-likeness (QED) is 0.468. The first-order valence-electron chi connectivity index (χ1n) is 8.70. The number of likely N-dealkylation sites (tertiary alicyclic amines) is 1. The summed E-state index contributed by atoms with van der Waals surface area (Å²) in [6.07, 6.45) is 1.83. The summed E-state index contributed by atoms with van der Waals surface area (Å²) >= 11 is 1.38. The van der Waals surface area contributed by atoms with Crippen molar-refractivity contribution in [2.75, 3.05) is 38.5 Å². The number of piperidine rings is 1. The van der Waals surface area contributed by atoms with E-state index >= 15 is 0 Å². The van der Waals surface area contributed by atoms with Crippen LogP contribution in [0.3, 0.4) is 0 Å². The molecule has 2 aliphatic rings. The lowest BCUT2D eigenvalue weighted by molar-refractivity contribution is -0.384. The molecule has 2 amide bonds. The van der Waals surface area contributed by atoms with Crippen LogP contribution in [0.15, 0.2) is 29.2 Å². The Kier molecular flexibility index (Phi) is 6.10. The number of benzene rings is 1. The van der Waals surface area contributed by atoms with Gasteiger partial charge in [-0.15, -0.1) is 11.8 Å². The predicted octanol–water partition coefficient (Wildman–Crippen LogP) is 1.11. The monoisotopic (exact) mass is 378 g/mol. The number of piperazine rings is 1. The summed E-state index contributed by atoms with van der Waals surface area (Å²) in [6.45, 7) is 3.18. The third-order valence-corrected chi connectivity index (χ3v) is 5.72. The molecular weight excluding hydrogens is 356 g/mol. The highest BCUT2D eigenvalue weighted by atomic mass is 32.2. The second-order valence-corrected chi connectivity index (χ2v) is 7.49. The topological polar surface area (TPSA) is 95.8 Å². The molecule has 1 aromatic carbocycles. The predicted molar refractivity (Wildman–Crippen MR) is 98.0 cm³/mol. The zero-order valence-electron chi connectivity index (χ0n) is 14.4. The van der Waals surface area contributed by atoms with Crippen LogP contribution in [-0.4, -0.2) is 71.1 Å². The lowest BCUT2D eigenvalue weighted by Gasteiger charge is -2.41. The van der Waals surface area contributed by atoms with E-state index in [1.165, 1.54) is 23.9 Å². The van der Waals surface area contributed by atoms with Crippen molar-refractivity contribution >= 4 is 29.3 Å². The average molecular weight is 378 g/mol. The van der Waals surface area contributed by atoms with Gasteiger partial charge in [0.25, 0.3) is 5.69 Å². The fourth-order valence-corrected chi connectivity index (χ4v) is 4.14. The van der Waals surface area contributed by atoms with Gasteiger partial charge in [0.15, 0.2) is 0 Å². The van der Waals surface area contributed by atoms with Crippen molar-refractivity contribution < 1.29 is 14.5 Å². The van der Waals surface area contributed by atoms with Crippen LogP contribution in [0.2, 0.25) is 0 Å². The highest BCUT2D eigenvalue weighted by Gasteiger charge is 2.31. The number of carbonyl (C=O) groups excluding carboxylic acids is 2. The number of amides is 2. The summed E-state index contributed by atoms with van der Waals surface area (Å²) < 4.78 is 0. The van der Waals surface area contributed by atoms with Gasteiger partial charge in [-0.3, -0.25) is 19.7 Å². The number of thioether (sulfide) groups is 1. The Balaban J connectivity index is 1.52. The Morgan fingerprint density at radius 2 is 2.08 bits per heavy atom. The number of carbonyl (C=O) groups is 2. The second-order valence-electron chi connectivity index (χ2n) is 6.44. The molecule has 2 fully saturated rings. The molecule has 1 unspecified atom stereocenters. The maximum atomic E-state index is 12.5. The largest absolute Gasteiger partial charge is 0.340 e. The van der Waals surface area contributed by atoms with Crippen LogP contribution in [0, 0.1) is 10.1 Å². The average Bonchev–Trinajstić information content (AvgIpc) is 2.67. The van der Waals surface area contributed by atoms with Crippen molar-refractivity contribution in [1.29, 1.82) is 0 Å². The number of nitrogens with one attached hydrogen (secondary N) is 1. The smallest absolute Gasteiger partial charge is 0.269 e. The van der Waals surface area contributed by atoms with Gasteiger partial charge in [-0.1, -0.05) is 0 Å². The minimum Gasteiger partial charge on any atom is -0.340 e. The first-order chi connectivity index (χ1) is 12.5. The van der Waals surface area contributed by atoms with Gasteiger partial charge in [0.2, 0.25) is 11.8 Å². The van der Waals surface area contributed by atoms with Crippen molar-refractivity contribution in [3.05, 3.63) is 34.4 Å². The molecule has 2 saturated heterocycles. The van der Waals surface area contributed by atoms with Crippen LogP contribution in [0.1, 0.15) is 12.8 Å². The molecule has 26 heavy (non-hydrogen) atoms. The molecule has 0 aliphatic carbocycles. The first-order valence-corrected chi connectivity index (χ1v) is 9.68. The lowest BCUT2D eigenvalue weighted by Crippen LogP contribution is -2.57. The SMILES string of the molecule is O=C(CSc1ccc([N+](=O)[O-])cc1)N1CCCC(N2CCNCC2=O)C1. The van der Waals surface area contributed by atoms with Crippen LogP contribution in [0.5, 0.6) is 0 Å². The second kappa shape index (κ2) is 8.50. The molecule has 2 aliphatic heterocycles. The van der Waals surface area contributed by atoms with Crippen molar-refractivity contribution in [3.63, 3.8) is 0 Å². The van der Waals surface area contributed by atoms with Crippen molar-refractivity contribution in [1.82, 2.24) is 15.1 Å². The summed E-state index contributed by atoms with van der Waals surface area (Å²) in [7, 11) is 0. The number of hydrogen-bond donors (Lipinski definition) is 1. The van der Waals surface area contributed by atoms with Gasteiger partial charge in [-0.2, -0.15) is 0 Å². The van der Waals surface area contributed by atoms with Crippen LogP contribution >= 0.6 is 11.8 Å². The van der Waals surface area contributed by atoms with Gasteiger partial charge in [0, 0.05) is 49.2 Å².